The SMILES string of the molecule is Oc1ccc2ccc(Br)cc2c1I. The van der Waals surface area contributed by atoms with Crippen molar-refractivity contribution in [1.82, 2.24) is 0 Å². The Morgan fingerprint density at radius 1 is 1.15 bits per heavy atom. The van der Waals surface area contributed by atoms with Gasteiger partial charge in [0.25, 0.3) is 0 Å². The Morgan fingerprint density at radius 2 is 1.85 bits per heavy atom. The van der Waals surface area contributed by atoms with Crippen molar-refractivity contribution in [3.63, 3.8) is 0 Å². The van der Waals surface area contributed by atoms with Crippen molar-refractivity contribution in [3.8, 4) is 5.75 Å². The average Bonchev–Trinajstić information content (AvgIpc) is 2.12. The fourth-order valence-corrected chi connectivity index (χ4v) is 2.25. The van der Waals surface area contributed by atoms with Gasteiger partial charge in [0.05, 0.1) is 3.57 Å². The van der Waals surface area contributed by atoms with Gasteiger partial charge in [0.15, 0.2) is 0 Å². The Hall–Kier alpha value is -0.290. The van der Waals surface area contributed by atoms with Crippen LogP contribution >= 0.6 is 38.5 Å². The molecule has 0 unspecified atom stereocenters. The van der Waals surface area contributed by atoms with E-state index in [2.05, 4.69) is 38.5 Å². The second-order valence-electron chi connectivity index (χ2n) is 2.76. The summed E-state index contributed by atoms with van der Waals surface area (Å²) in [5, 5.41) is 11.7. The molecule has 3 heteroatoms. The molecule has 13 heavy (non-hydrogen) atoms. The van der Waals surface area contributed by atoms with Crippen molar-refractivity contribution in [2.45, 2.75) is 0 Å². The number of benzene rings is 2. The van der Waals surface area contributed by atoms with Crippen molar-refractivity contribution in [2.24, 2.45) is 0 Å². The highest BCUT2D eigenvalue weighted by Crippen LogP contribution is 2.30. The normalized spacial score (nSPS) is 10.6. The van der Waals surface area contributed by atoms with Crippen LogP contribution in [0.2, 0.25) is 0 Å². The lowest BCUT2D eigenvalue weighted by Gasteiger charge is -2.03. The summed E-state index contributed by atoms with van der Waals surface area (Å²) in [7, 11) is 0. The van der Waals surface area contributed by atoms with E-state index in [0.717, 1.165) is 18.8 Å². The third-order valence-electron chi connectivity index (χ3n) is 1.90. The number of phenols is 1. The zero-order valence-corrected chi connectivity index (χ0v) is 10.3. The molecule has 0 aliphatic carbocycles. The van der Waals surface area contributed by atoms with Crippen LogP contribution in [-0.4, -0.2) is 5.11 Å². The molecule has 2 aromatic rings. The molecule has 0 fully saturated rings. The van der Waals surface area contributed by atoms with Gasteiger partial charge in [0.2, 0.25) is 0 Å². The van der Waals surface area contributed by atoms with Gasteiger partial charge in [-0.25, -0.2) is 0 Å². The van der Waals surface area contributed by atoms with E-state index in [-0.39, 0.29) is 0 Å². The minimum atomic E-state index is 0.339. The molecule has 0 aliphatic rings. The Balaban J connectivity index is 2.89. The quantitative estimate of drug-likeness (QED) is 0.715. The third kappa shape index (κ3) is 1.67. The van der Waals surface area contributed by atoms with Gasteiger partial charge in [0.1, 0.15) is 5.75 Å². The predicted molar refractivity (Wildman–Crippen MR) is 66.0 cm³/mol. The van der Waals surface area contributed by atoms with Crippen molar-refractivity contribution >= 4 is 49.3 Å². The lowest BCUT2D eigenvalue weighted by Crippen LogP contribution is -1.79. The van der Waals surface area contributed by atoms with Gasteiger partial charge in [-0.1, -0.05) is 28.1 Å². The molecule has 0 spiro atoms. The molecule has 0 saturated carbocycles. The van der Waals surface area contributed by atoms with E-state index in [0.29, 0.717) is 5.75 Å². The first-order valence-corrected chi connectivity index (χ1v) is 5.62. The summed E-state index contributed by atoms with van der Waals surface area (Å²) < 4.78 is 1.93. The van der Waals surface area contributed by atoms with Gasteiger partial charge in [-0.3, -0.25) is 0 Å². The zero-order chi connectivity index (χ0) is 9.42. The fraction of sp³-hybridized carbons (Fsp3) is 0. The minimum absolute atomic E-state index is 0.339. The van der Waals surface area contributed by atoms with Crippen molar-refractivity contribution in [3.05, 3.63) is 38.4 Å². The number of rotatable bonds is 0. The van der Waals surface area contributed by atoms with E-state index in [1.54, 1.807) is 6.07 Å². The van der Waals surface area contributed by atoms with E-state index in [1.807, 2.05) is 24.3 Å². The summed E-state index contributed by atoms with van der Waals surface area (Å²) in [6.45, 7) is 0. The van der Waals surface area contributed by atoms with Crippen molar-refractivity contribution < 1.29 is 5.11 Å². The highest BCUT2D eigenvalue weighted by molar-refractivity contribution is 14.1. The number of halogens is 2. The topological polar surface area (TPSA) is 20.2 Å². The van der Waals surface area contributed by atoms with Gasteiger partial charge in [-0.2, -0.15) is 0 Å². The fourth-order valence-electron chi connectivity index (χ4n) is 1.24. The maximum absolute atomic E-state index is 9.49. The van der Waals surface area contributed by atoms with Crippen molar-refractivity contribution in [2.75, 3.05) is 0 Å². The first-order valence-electron chi connectivity index (χ1n) is 3.75. The zero-order valence-electron chi connectivity index (χ0n) is 6.59. The molecule has 0 saturated heterocycles. The highest BCUT2D eigenvalue weighted by Gasteiger charge is 2.03. The Kier molecular flexibility index (Phi) is 2.47. The molecule has 1 nitrogen and oxygen atoms in total. The maximum atomic E-state index is 9.49. The highest BCUT2D eigenvalue weighted by atomic mass is 127. The first-order chi connectivity index (χ1) is 6.18. The van der Waals surface area contributed by atoms with Crippen LogP contribution in [0.1, 0.15) is 0 Å². The van der Waals surface area contributed by atoms with Crippen LogP contribution in [0.4, 0.5) is 0 Å². The number of phenolic OH excluding ortho intramolecular Hbond substituents is 1. The molecule has 0 amide bonds. The molecule has 0 radical (unpaired) electrons. The third-order valence-corrected chi connectivity index (χ3v) is 3.52. The second kappa shape index (κ2) is 3.46. The maximum Gasteiger partial charge on any atom is 0.129 e. The monoisotopic (exact) mass is 348 g/mol. The smallest absolute Gasteiger partial charge is 0.129 e. The Bertz CT molecular complexity index is 462. The Labute approximate surface area is 98.0 Å². The second-order valence-corrected chi connectivity index (χ2v) is 4.76. The lowest BCUT2D eigenvalue weighted by atomic mass is 10.1. The lowest BCUT2D eigenvalue weighted by molar-refractivity contribution is 0.472. The van der Waals surface area contributed by atoms with E-state index in [4.69, 9.17) is 0 Å². The summed E-state index contributed by atoms with van der Waals surface area (Å²) in [4.78, 5) is 0. The summed E-state index contributed by atoms with van der Waals surface area (Å²) in [5.74, 6) is 0.339. The molecular formula is C10H6BrIO. The molecule has 0 atom stereocenters. The van der Waals surface area contributed by atoms with E-state index in [9.17, 15) is 5.11 Å². The van der Waals surface area contributed by atoms with Crippen molar-refractivity contribution in [1.29, 1.82) is 0 Å². The van der Waals surface area contributed by atoms with E-state index in [1.165, 1.54) is 0 Å². The largest absolute Gasteiger partial charge is 0.507 e. The van der Waals surface area contributed by atoms with Crippen LogP contribution in [0.25, 0.3) is 10.8 Å². The van der Waals surface area contributed by atoms with Crippen LogP contribution in [0, 0.1) is 3.57 Å². The van der Waals surface area contributed by atoms with Gasteiger partial charge >= 0.3 is 0 Å². The van der Waals surface area contributed by atoms with Gasteiger partial charge < -0.3 is 5.11 Å². The molecule has 1 N–H and O–H groups in total. The molecule has 0 aromatic heterocycles. The molecule has 2 rings (SSSR count). The van der Waals surface area contributed by atoms with Gasteiger partial charge in [-0.05, 0) is 51.6 Å². The summed E-state index contributed by atoms with van der Waals surface area (Å²) in [6.07, 6.45) is 0. The first kappa shape index (κ1) is 9.27. The minimum Gasteiger partial charge on any atom is -0.507 e. The molecule has 66 valence electrons. The van der Waals surface area contributed by atoms with Crippen LogP contribution in [0.3, 0.4) is 0 Å². The molecular weight excluding hydrogens is 343 g/mol. The summed E-state index contributed by atoms with van der Waals surface area (Å²) >= 11 is 5.55. The predicted octanol–water partition coefficient (Wildman–Crippen LogP) is 3.91. The van der Waals surface area contributed by atoms with Crippen LogP contribution < -0.4 is 0 Å². The molecule has 2 aromatic carbocycles. The van der Waals surface area contributed by atoms with Crippen LogP contribution in [0.15, 0.2) is 34.8 Å². The number of aromatic hydroxyl groups is 1. The van der Waals surface area contributed by atoms with Gasteiger partial charge in [-0.15, -0.1) is 0 Å². The molecule has 0 bridgehead atoms. The molecule has 0 aliphatic heterocycles. The number of hydrogen-bond acceptors (Lipinski definition) is 1. The van der Waals surface area contributed by atoms with Gasteiger partial charge in [0, 0.05) is 4.47 Å². The van der Waals surface area contributed by atoms with Crippen LogP contribution in [0.5, 0.6) is 5.75 Å². The standard InChI is InChI=1S/C10H6BrIO/c11-7-3-1-6-2-4-9(13)10(12)8(6)5-7/h1-5,13H. The summed E-state index contributed by atoms with van der Waals surface area (Å²) in [6, 6.07) is 9.67. The summed E-state index contributed by atoms with van der Waals surface area (Å²) in [5.41, 5.74) is 0. The van der Waals surface area contributed by atoms with Crippen LogP contribution in [-0.2, 0) is 0 Å². The average molecular weight is 349 g/mol. The number of hydrogen-bond donors (Lipinski definition) is 1. The van der Waals surface area contributed by atoms with E-state index >= 15 is 0 Å². The van der Waals surface area contributed by atoms with E-state index < -0.39 is 0 Å². The Morgan fingerprint density at radius 3 is 2.62 bits per heavy atom. The number of fused-ring (bicyclic) bond motifs is 1. The molecule has 0 heterocycles.